The Labute approximate surface area is 161 Å². The molecule has 26 heavy (non-hydrogen) atoms. The summed E-state index contributed by atoms with van der Waals surface area (Å²) < 4.78 is 0. The third kappa shape index (κ3) is 7.60. The first-order chi connectivity index (χ1) is 12.2. The molecule has 1 unspecified atom stereocenters. The normalized spacial score (nSPS) is 27.0. The Balaban J connectivity index is 2.88. The minimum absolute atomic E-state index is 0.135. The molecule has 0 radical (unpaired) electrons. The van der Waals surface area contributed by atoms with Gasteiger partial charge in [-0.2, -0.15) is 0 Å². The Morgan fingerprint density at radius 1 is 1.00 bits per heavy atom. The van der Waals surface area contributed by atoms with Gasteiger partial charge in [-0.15, -0.1) is 6.58 Å². The van der Waals surface area contributed by atoms with E-state index >= 15 is 0 Å². The second-order valence-corrected chi connectivity index (χ2v) is 9.27. The Bertz CT molecular complexity index is 496. The number of carbonyl (C=O) groups excluding carboxylic acids is 2. The van der Waals surface area contributed by atoms with Gasteiger partial charge in [-0.05, 0) is 51.4 Å². The van der Waals surface area contributed by atoms with Gasteiger partial charge < -0.3 is 0 Å². The van der Waals surface area contributed by atoms with E-state index in [1.54, 1.807) is 0 Å². The zero-order valence-corrected chi connectivity index (χ0v) is 17.6. The summed E-state index contributed by atoms with van der Waals surface area (Å²) in [6.07, 6.45) is 16.8. The van der Waals surface area contributed by atoms with Crippen molar-refractivity contribution >= 4 is 11.6 Å². The molecule has 0 fully saturated rings. The molecule has 1 rings (SSSR count). The lowest BCUT2D eigenvalue weighted by atomic mass is 9.69. The highest BCUT2D eigenvalue weighted by Crippen LogP contribution is 2.37. The number of carbonyl (C=O) groups is 2. The van der Waals surface area contributed by atoms with Crippen molar-refractivity contribution < 1.29 is 9.59 Å². The van der Waals surface area contributed by atoms with Gasteiger partial charge >= 0.3 is 0 Å². The predicted molar refractivity (Wildman–Crippen MR) is 111 cm³/mol. The largest absolute Gasteiger partial charge is 0.299 e. The Kier molecular flexibility index (Phi) is 9.54. The summed E-state index contributed by atoms with van der Waals surface area (Å²) >= 11 is 0. The molecule has 1 aliphatic carbocycles. The summed E-state index contributed by atoms with van der Waals surface area (Å²) in [5, 5.41) is 0. The van der Waals surface area contributed by atoms with E-state index in [0.29, 0.717) is 24.4 Å². The van der Waals surface area contributed by atoms with Gasteiger partial charge in [-0.1, -0.05) is 58.8 Å². The summed E-state index contributed by atoms with van der Waals surface area (Å²) in [6, 6.07) is 0. The number of hydrogen-bond acceptors (Lipinski definition) is 2. The maximum Gasteiger partial charge on any atom is 0.144 e. The molecule has 1 aliphatic rings. The van der Waals surface area contributed by atoms with E-state index in [0.717, 1.165) is 44.9 Å². The average Bonchev–Trinajstić information content (AvgIpc) is 2.59. The fourth-order valence-corrected chi connectivity index (χ4v) is 4.08. The van der Waals surface area contributed by atoms with Gasteiger partial charge in [-0.25, -0.2) is 0 Å². The molecule has 0 aliphatic heterocycles. The van der Waals surface area contributed by atoms with Crippen LogP contribution in [0.2, 0.25) is 0 Å². The molecule has 0 bridgehead atoms. The molecule has 0 amide bonds. The summed E-state index contributed by atoms with van der Waals surface area (Å²) in [7, 11) is 0. The van der Waals surface area contributed by atoms with Gasteiger partial charge in [-0.3, -0.25) is 9.59 Å². The summed E-state index contributed by atoms with van der Waals surface area (Å²) in [5.41, 5.74) is -0.779. The molecule has 0 spiro atoms. The van der Waals surface area contributed by atoms with Gasteiger partial charge in [0.2, 0.25) is 0 Å². The quantitative estimate of drug-likeness (QED) is 0.516. The molecule has 1 atom stereocenters. The molecular weight excluding hydrogens is 320 g/mol. The van der Waals surface area contributed by atoms with E-state index < -0.39 is 5.41 Å². The van der Waals surface area contributed by atoms with Gasteiger partial charge in [0.1, 0.15) is 11.6 Å². The lowest BCUT2D eigenvalue weighted by molar-refractivity contribution is -0.137. The molecule has 2 nitrogen and oxygen atoms in total. The van der Waals surface area contributed by atoms with Gasteiger partial charge in [0, 0.05) is 23.2 Å². The lowest BCUT2D eigenvalue weighted by Gasteiger charge is -2.33. The first-order valence-electron chi connectivity index (χ1n) is 10.5. The Hall–Kier alpha value is -1.18. The van der Waals surface area contributed by atoms with E-state index in [2.05, 4.69) is 32.6 Å². The third-order valence-electron chi connectivity index (χ3n) is 5.93. The van der Waals surface area contributed by atoms with Crippen LogP contribution in [0.3, 0.4) is 0 Å². The van der Waals surface area contributed by atoms with Crippen LogP contribution in [0.25, 0.3) is 0 Å². The highest BCUT2D eigenvalue weighted by atomic mass is 16.1. The van der Waals surface area contributed by atoms with Crippen molar-refractivity contribution in [3.8, 4) is 0 Å². The second-order valence-electron chi connectivity index (χ2n) is 9.27. The maximum atomic E-state index is 13.1. The zero-order chi connectivity index (χ0) is 19.6. The third-order valence-corrected chi connectivity index (χ3v) is 5.93. The van der Waals surface area contributed by atoms with Crippen LogP contribution in [-0.2, 0) is 9.59 Å². The van der Waals surface area contributed by atoms with Crippen LogP contribution in [0.4, 0.5) is 0 Å². The van der Waals surface area contributed by atoms with Gasteiger partial charge in [0.25, 0.3) is 0 Å². The molecule has 148 valence electrons. The van der Waals surface area contributed by atoms with Crippen LogP contribution in [-0.4, -0.2) is 11.6 Å². The molecule has 0 aromatic carbocycles. The van der Waals surface area contributed by atoms with E-state index in [1.807, 2.05) is 19.9 Å². The van der Waals surface area contributed by atoms with Crippen molar-refractivity contribution in [2.45, 2.75) is 98.3 Å². The van der Waals surface area contributed by atoms with E-state index in [4.69, 9.17) is 0 Å². The number of ketones is 2. The van der Waals surface area contributed by atoms with Crippen LogP contribution < -0.4 is 0 Å². The highest BCUT2D eigenvalue weighted by Gasteiger charge is 2.38. The number of Topliss-reactive ketones (excluding diaryl/α,β-unsaturated/α-hetero) is 2. The fourth-order valence-electron chi connectivity index (χ4n) is 4.08. The summed E-state index contributed by atoms with van der Waals surface area (Å²) in [5.74, 6) is 0.772. The van der Waals surface area contributed by atoms with Crippen molar-refractivity contribution in [2.24, 2.45) is 16.7 Å². The number of hydrogen-bond donors (Lipinski definition) is 0. The van der Waals surface area contributed by atoms with Crippen LogP contribution in [0.5, 0.6) is 0 Å². The molecular formula is C24H40O2. The van der Waals surface area contributed by atoms with Crippen LogP contribution in [0.1, 0.15) is 98.3 Å². The molecule has 0 saturated carbocycles. The van der Waals surface area contributed by atoms with Crippen molar-refractivity contribution in [3.63, 3.8) is 0 Å². The van der Waals surface area contributed by atoms with E-state index in [-0.39, 0.29) is 11.3 Å². The maximum absolute atomic E-state index is 13.1. The van der Waals surface area contributed by atoms with Crippen LogP contribution in [0, 0.1) is 16.7 Å². The predicted octanol–water partition coefficient (Wildman–Crippen LogP) is 6.84. The minimum Gasteiger partial charge on any atom is -0.299 e. The van der Waals surface area contributed by atoms with Crippen molar-refractivity contribution in [1.82, 2.24) is 0 Å². The van der Waals surface area contributed by atoms with Crippen LogP contribution >= 0.6 is 0 Å². The first-order valence-corrected chi connectivity index (χ1v) is 10.5. The fraction of sp³-hybridized carbons (Fsp3) is 0.750. The molecule has 0 saturated heterocycles. The van der Waals surface area contributed by atoms with E-state index in [9.17, 15) is 9.59 Å². The monoisotopic (exact) mass is 360 g/mol. The molecule has 2 heteroatoms. The Morgan fingerprint density at radius 3 is 2.35 bits per heavy atom. The van der Waals surface area contributed by atoms with Gasteiger partial charge in [0.15, 0.2) is 0 Å². The lowest BCUT2D eigenvalue weighted by Crippen LogP contribution is -2.37. The smallest absolute Gasteiger partial charge is 0.144 e. The number of rotatable bonds is 3. The first kappa shape index (κ1) is 22.9. The summed E-state index contributed by atoms with van der Waals surface area (Å²) in [4.78, 5) is 25.9. The van der Waals surface area contributed by atoms with Crippen molar-refractivity contribution in [2.75, 3.05) is 0 Å². The van der Waals surface area contributed by atoms with Gasteiger partial charge in [0.05, 0.1) is 0 Å². The van der Waals surface area contributed by atoms with Crippen molar-refractivity contribution in [3.05, 3.63) is 24.8 Å². The zero-order valence-electron chi connectivity index (χ0n) is 17.6. The van der Waals surface area contributed by atoms with Crippen molar-refractivity contribution in [1.29, 1.82) is 0 Å². The standard InChI is InChI=1S/C24H40O2/c1-6-7-15-20-16-13-11-9-8-10-12-14-18-23(2,3)22(26)24(4,5)19-17-21(20)25/h6,10,12,20H,1,7-9,11,13-19H2,2-5H3/b12-10-. The molecule has 0 aromatic rings. The molecule has 0 N–H and O–H groups in total. The summed E-state index contributed by atoms with van der Waals surface area (Å²) in [6.45, 7) is 11.9. The molecule has 0 aromatic heterocycles. The highest BCUT2D eigenvalue weighted by molar-refractivity contribution is 5.90. The Morgan fingerprint density at radius 2 is 1.65 bits per heavy atom. The SMILES string of the molecule is C=CCCC1CCCCC/C=C\CCC(C)(C)C(=O)C(C)(C)CCC1=O. The second kappa shape index (κ2) is 10.8. The molecule has 0 heterocycles. The topological polar surface area (TPSA) is 34.1 Å². The van der Waals surface area contributed by atoms with E-state index in [1.165, 1.54) is 12.8 Å². The number of allylic oxidation sites excluding steroid dienone is 3. The average molecular weight is 361 g/mol. The van der Waals surface area contributed by atoms with Crippen LogP contribution in [0.15, 0.2) is 24.8 Å². The minimum atomic E-state index is -0.442.